The Labute approximate surface area is 180 Å². The lowest BCUT2D eigenvalue weighted by Gasteiger charge is -2.37. The van der Waals surface area contributed by atoms with Crippen LogP contribution in [0.3, 0.4) is 0 Å². The molecule has 2 heterocycles. The van der Waals surface area contributed by atoms with Crippen LogP contribution >= 0.6 is 15.9 Å². The molecule has 1 atom stereocenters. The van der Waals surface area contributed by atoms with Crippen LogP contribution < -0.4 is 10.6 Å². The highest BCUT2D eigenvalue weighted by Gasteiger charge is 2.36. The van der Waals surface area contributed by atoms with Gasteiger partial charge in [-0.25, -0.2) is 27.4 Å². The third-order valence-corrected chi connectivity index (χ3v) is 6.74. The highest BCUT2D eigenvalue weighted by Crippen LogP contribution is 2.27. The van der Waals surface area contributed by atoms with Crippen molar-refractivity contribution in [2.45, 2.75) is 50.2 Å². The molecule has 0 aliphatic carbocycles. The van der Waals surface area contributed by atoms with Gasteiger partial charge in [0.05, 0.1) is 6.04 Å². The van der Waals surface area contributed by atoms with Gasteiger partial charge in [-0.2, -0.15) is 4.31 Å². The molecule has 4 N–H and O–H groups in total. The zero-order valence-corrected chi connectivity index (χ0v) is 19.4. The topological polar surface area (TPSA) is 155 Å². The summed E-state index contributed by atoms with van der Waals surface area (Å²) in [4.78, 5) is 18.3. The smallest absolute Gasteiger partial charge is 0.425 e. The molecule has 1 unspecified atom stereocenters. The molecule has 0 saturated carbocycles. The zero-order chi connectivity index (χ0) is 22.0. The number of hydrazine groups is 1. The Morgan fingerprint density at radius 2 is 2.03 bits per heavy atom. The number of sulfonamides is 1. The predicted octanol–water partition coefficient (Wildman–Crippen LogP) is 1.46. The Morgan fingerprint density at radius 3 is 2.55 bits per heavy atom. The molecule has 1 aliphatic rings. The van der Waals surface area contributed by atoms with Crippen LogP contribution in [0.2, 0.25) is 0 Å². The maximum Gasteiger partial charge on any atom is 0.425 e. The number of nitrogen functional groups attached to an aromatic ring is 1. The van der Waals surface area contributed by atoms with Gasteiger partial charge in [-0.3, -0.25) is 4.55 Å². The van der Waals surface area contributed by atoms with Gasteiger partial charge in [0.25, 0.3) is 11.3 Å². The second-order valence-corrected chi connectivity index (χ2v) is 10.9. The van der Waals surface area contributed by atoms with Crippen LogP contribution in [-0.2, 0) is 26.0 Å². The van der Waals surface area contributed by atoms with Crippen molar-refractivity contribution < 1.29 is 26.7 Å². The van der Waals surface area contributed by atoms with Crippen LogP contribution in [-0.4, -0.2) is 62.3 Å². The number of aromatic nitrogens is 1. The number of amides is 1. The quantitative estimate of drug-likeness (QED) is 0.394. The van der Waals surface area contributed by atoms with Crippen molar-refractivity contribution in [3.05, 3.63) is 16.7 Å². The van der Waals surface area contributed by atoms with Crippen LogP contribution in [0.4, 0.5) is 10.6 Å². The van der Waals surface area contributed by atoms with E-state index in [1.54, 1.807) is 20.8 Å². The summed E-state index contributed by atoms with van der Waals surface area (Å²) >= 11 is 0.690. The first-order chi connectivity index (χ1) is 13.3. The summed E-state index contributed by atoms with van der Waals surface area (Å²) in [6.07, 6.45) is 1.04. The number of carbonyl (C=O) groups excluding carboxylic acids is 1. The van der Waals surface area contributed by atoms with Crippen molar-refractivity contribution in [1.82, 2.24) is 19.1 Å². The molecule has 29 heavy (non-hydrogen) atoms. The standard InChI is InChI=1S/C15H24BrN5O6S2/c1-15(2,3)27-14(22)21(19-28(23)24)11-4-6-20(7-5-11)29(25,26)12-8-10(16)9-18-13(12)17/h8-9,11,19H,4-7H2,1-3H3,(H2,17,18)(H,23,24). The first kappa shape index (κ1) is 24.0. The van der Waals surface area contributed by atoms with Crippen molar-refractivity contribution in [2.75, 3.05) is 18.8 Å². The van der Waals surface area contributed by atoms with Gasteiger partial charge in [-0.05, 0) is 55.6 Å². The summed E-state index contributed by atoms with van der Waals surface area (Å²) in [5.41, 5.74) is 4.93. The van der Waals surface area contributed by atoms with E-state index < -0.39 is 39.0 Å². The minimum atomic E-state index is -3.89. The van der Waals surface area contributed by atoms with Crippen molar-refractivity contribution in [3.8, 4) is 0 Å². The Balaban J connectivity index is 2.15. The normalized spacial score (nSPS) is 17.7. The molecule has 1 aromatic rings. The third kappa shape index (κ3) is 6.33. The number of pyridine rings is 1. The van der Waals surface area contributed by atoms with Crippen LogP contribution in [0.1, 0.15) is 33.6 Å². The lowest BCUT2D eigenvalue weighted by Crippen LogP contribution is -2.55. The first-order valence-electron chi connectivity index (χ1n) is 8.62. The van der Waals surface area contributed by atoms with Crippen molar-refractivity contribution in [3.63, 3.8) is 0 Å². The molecule has 0 aromatic carbocycles. The lowest BCUT2D eigenvalue weighted by molar-refractivity contribution is 0.00428. The molecular weight excluding hydrogens is 490 g/mol. The monoisotopic (exact) mass is 513 g/mol. The molecule has 1 saturated heterocycles. The Morgan fingerprint density at radius 1 is 1.45 bits per heavy atom. The average molecular weight is 514 g/mol. The lowest BCUT2D eigenvalue weighted by atomic mass is 10.1. The zero-order valence-electron chi connectivity index (χ0n) is 16.2. The van der Waals surface area contributed by atoms with Gasteiger partial charge in [0.2, 0.25) is 10.0 Å². The molecule has 2 rings (SSSR count). The van der Waals surface area contributed by atoms with Crippen molar-refractivity contribution in [1.29, 1.82) is 0 Å². The molecule has 11 nitrogen and oxygen atoms in total. The molecule has 0 spiro atoms. The Kier molecular flexibility index (Phi) is 7.62. The average Bonchev–Trinajstić information content (AvgIpc) is 2.60. The second-order valence-electron chi connectivity index (χ2n) is 7.36. The third-order valence-electron chi connectivity index (χ3n) is 4.02. The molecule has 0 radical (unpaired) electrons. The molecule has 14 heteroatoms. The minimum absolute atomic E-state index is 0.0813. The van der Waals surface area contributed by atoms with Crippen LogP contribution in [0.25, 0.3) is 0 Å². The number of nitrogens with zero attached hydrogens (tertiary/aromatic N) is 3. The second kappa shape index (κ2) is 9.22. The number of ether oxygens (including phenoxy) is 1. The van der Waals surface area contributed by atoms with E-state index >= 15 is 0 Å². The van der Waals surface area contributed by atoms with Crippen LogP contribution in [0, 0.1) is 0 Å². The van der Waals surface area contributed by atoms with Gasteiger partial charge in [0.15, 0.2) is 0 Å². The largest absolute Gasteiger partial charge is 0.443 e. The van der Waals surface area contributed by atoms with Crippen molar-refractivity contribution in [2.24, 2.45) is 0 Å². The number of nitrogens with two attached hydrogens (primary N) is 1. The first-order valence-corrected chi connectivity index (χ1v) is 12.0. The van der Waals surface area contributed by atoms with E-state index in [9.17, 15) is 17.4 Å². The molecule has 1 aliphatic heterocycles. The highest BCUT2D eigenvalue weighted by atomic mass is 79.9. The molecule has 164 valence electrons. The molecule has 1 fully saturated rings. The number of hydrogen-bond donors (Lipinski definition) is 3. The van der Waals surface area contributed by atoms with E-state index in [-0.39, 0.29) is 36.6 Å². The number of rotatable bonds is 5. The summed E-state index contributed by atoms with van der Waals surface area (Å²) in [6.45, 7) is 5.18. The number of nitrogens with one attached hydrogen (secondary N) is 1. The summed E-state index contributed by atoms with van der Waals surface area (Å²) in [7, 11) is -3.89. The molecule has 1 aromatic heterocycles. The minimum Gasteiger partial charge on any atom is -0.443 e. The maximum atomic E-state index is 12.9. The summed E-state index contributed by atoms with van der Waals surface area (Å²) < 4.78 is 53.2. The number of hydrogen-bond acceptors (Lipinski definition) is 7. The molecular formula is C15H24BrN5O6S2. The Bertz CT molecular complexity index is 884. The van der Waals surface area contributed by atoms with Gasteiger partial charge in [-0.15, -0.1) is 4.83 Å². The fourth-order valence-electron chi connectivity index (χ4n) is 2.77. The molecule has 1 amide bonds. The van der Waals surface area contributed by atoms with E-state index in [1.165, 1.54) is 16.6 Å². The number of halogens is 1. The van der Waals surface area contributed by atoms with E-state index in [1.807, 2.05) is 0 Å². The van der Waals surface area contributed by atoms with Crippen molar-refractivity contribution >= 4 is 49.1 Å². The maximum absolute atomic E-state index is 12.9. The number of piperidine rings is 1. The van der Waals surface area contributed by atoms with Crippen LogP contribution in [0.15, 0.2) is 21.6 Å². The SMILES string of the molecule is CC(C)(C)OC(=O)N(NS(=O)O)C1CCN(S(=O)(=O)c2cc(Br)cnc2N)CC1. The van der Waals surface area contributed by atoms with Crippen LogP contribution in [0.5, 0.6) is 0 Å². The summed E-state index contributed by atoms with van der Waals surface area (Å²) in [6, 6.07) is 0.845. The molecule has 0 bridgehead atoms. The fraction of sp³-hybridized carbons (Fsp3) is 0.600. The van der Waals surface area contributed by atoms with Gasteiger partial charge in [0.1, 0.15) is 16.3 Å². The van der Waals surface area contributed by atoms with E-state index in [4.69, 9.17) is 15.0 Å². The van der Waals surface area contributed by atoms with Gasteiger partial charge in [-0.1, -0.05) is 0 Å². The van der Waals surface area contributed by atoms with E-state index in [0.717, 1.165) is 5.01 Å². The predicted molar refractivity (Wildman–Crippen MR) is 110 cm³/mol. The van der Waals surface area contributed by atoms with E-state index in [0.29, 0.717) is 4.47 Å². The summed E-state index contributed by atoms with van der Waals surface area (Å²) in [5, 5.41) is 0.945. The fourth-order valence-corrected chi connectivity index (χ4v) is 5.21. The van der Waals surface area contributed by atoms with E-state index in [2.05, 4.69) is 25.7 Å². The highest BCUT2D eigenvalue weighted by molar-refractivity contribution is 9.10. The van der Waals surface area contributed by atoms with Gasteiger partial charge >= 0.3 is 6.09 Å². The number of carbonyl (C=O) groups is 1. The van der Waals surface area contributed by atoms with Gasteiger partial charge in [0, 0.05) is 23.8 Å². The number of anilines is 1. The van der Waals surface area contributed by atoms with Gasteiger partial charge < -0.3 is 10.5 Å². The Hall–Kier alpha value is -1.32. The summed E-state index contributed by atoms with van der Waals surface area (Å²) in [5.74, 6) is -0.108.